The summed E-state index contributed by atoms with van der Waals surface area (Å²) >= 11 is 7.17. The van der Waals surface area contributed by atoms with Crippen LogP contribution in [0.2, 0.25) is 5.02 Å². The number of hydrogen-bond donors (Lipinski definition) is 2. The number of nitro groups is 1. The summed E-state index contributed by atoms with van der Waals surface area (Å²) in [7, 11) is 0. The van der Waals surface area contributed by atoms with Gasteiger partial charge in [0.15, 0.2) is 5.13 Å². The number of carbonyl (C=O) groups is 1. The Bertz CT molecular complexity index is 957. The van der Waals surface area contributed by atoms with E-state index in [0.29, 0.717) is 26.1 Å². The van der Waals surface area contributed by atoms with Crippen molar-refractivity contribution >= 4 is 55.7 Å². The van der Waals surface area contributed by atoms with E-state index in [1.54, 1.807) is 24.3 Å². The number of nitro benzene ring substituents is 1. The van der Waals surface area contributed by atoms with Gasteiger partial charge in [0.2, 0.25) is 0 Å². The van der Waals surface area contributed by atoms with Crippen molar-refractivity contribution in [2.45, 2.75) is 6.92 Å². The molecule has 2 amide bonds. The largest absolute Gasteiger partial charge is 0.325 e. The Morgan fingerprint density at radius 2 is 2.04 bits per heavy atom. The Hall–Kier alpha value is -2.71. The number of non-ortho nitro benzene ring substituents is 1. The molecule has 2 aromatic carbocycles. The molecule has 0 unspecified atom stereocenters. The first-order chi connectivity index (χ1) is 11.4. The summed E-state index contributed by atoms with van der Waals surface area (Å²) in [4.78, 5) is 26.6. The molecule has 1 aromatic heterocycles. The van der Waals surface area contributed by atoms with Crippen LogP contribution in [0.15, 0.2) is 36.4 Å². The second-order valence-corrected chi connectivity index (χ2v) is 6.41. The molecule has 3 aromatic rings. The molecule has 2 N–H and O–H groups in total. The number of rotatable bonds is 3. The van der Waals surface area contributed by atoms with E-state index < -0.39 is 11.0 Å². The average Bonchev–Trinajstić information content (AvgIpc) is 2.91. The van der Waals surface area contributed by atoms with Gasteiger partial charge in [-0.25, -0.2) is 9.78 Å². The highest BCUT2D eigenvalue weighted by Gasteiger charge is 2.12. The van der Waals surface area contributed by atoms with E-state index in [1.807, 2.05) is 6.92 Å². The lowest BCUT2D eigenvalue weighted by Crippen LogP contribution is -2.19. The van der Waals surface area contributed by atoms with Crippen LogP contribution in [0, 0.1) is 17.0 Å². The number of nitrogens with zero attached hydrogens (tertiary/aromatic N) is 2. The van der Waals surface area contributed by atoms with E-state index >= 15 is 0 Å². The van der Waals surface area contributed by atoms with Crippen LogP contribution in [-0.4, -0.2) is 15.9 Å². The predicted molar refractivity (Wildman–Crippen MR) is 95.1 cm³/mol. The van der Waals surface area contributed by atoms with Crippen molar-refractivity contribution < 1.29 is 9.72 Å². The van der Waals surface area contributed by atoms with Crippen molar-refractivity contribution in [3.05, 3.63) is 57.1 Å². The minimum Gasteiger partial charge on any atom is -0.308 e. The molecule has 0 atom stereocenters. The number of halogens is 1. The second kappa shape index (κ2) is 6.42. The number of amides is 2. The van der Waals surface area contributed by atoms with Gasteiger partial charge in [0.05, 0.1) is 15.1 Å². The summed E-state index contributed by atoms with van der Waals surface area (Å²) in [5, 5.41) is 17.0. The Labute approximate surface area is 145 Å². The topological polar surface area (TPSA) is 97.2 Å². The number of urea groups is 1. The molecule has 3 rings (SSSR count). The highest BCUT2D eigenvalue weighted by Crippen LogP contribution is 2.29. The molecule has 9 heteroatoms. The molecule has 0 aliphatic rings. The molecule has 0 saturated carbocycles. The first-order valence-electron chi connectivity index (χ1n) is 6.81. The first kappa shape index (κ1) is 16.2. The zero-order valence-electron chi connectivity index (χ0n) is 12.4. The van der Waals surface area contributed by atoms with Gasteiger partial charge in [-0.2, -0.15) is 0 Å². The van der Waals surface area contributed by atoms with Crippen LogP contribution in [0.3, 0.4) is 0 Å². The summed E-state index contributed by atoms with van der Waals surface area (Å²) < 4.78 is 0.623. The molecule has 0 aliphatic heterocycles. The van der Waals surface area contributed by atoms with Crippen LogP contribution in [0.5, 0.6) is 0 Å². The van der Waals surface area contributed by atoms with Gasteiger partial charge in [0, 0.05) is 22.8 Å². The number of carbonyl (C=O) groups excluding carboxylic acids is 1. The maximum absolute atomic E-state index is 12.0. The minimum absolute atomic E-state index is 0.0172. The summed E-state index contributed by atoms with van der Waals surface area (Å²) in [6, 6.07) is 9.07. The van der Waals surface area contributed by atoms with E-state index in [1.165, 1.54) is 12.1 Å². The standard InChI is InChI=1S/C15H11ClN4O3S/c1-8-2-3-9(6-11(8)16)17-14(21)19-15-18-12-5-4-10(20(22)23)7-13(12)24-15/h2-7H,1H3,(H2,17,18,19,21). The normalized spacial score (nSPS) is 10.6. The van der Waals surface area contributed by atoms with Crippen molar-refractivity contribution in [2.75, 3.05) is 10.6 Å². The van der Waals surface area contributed by atoms with Gasteiger partial charge in [-0.05, 0) is 30.7 Å². The zero-order valence-corrected chi connectivity index (χ0v) is 13.9. The van der Waals surface area contributed by atoms with Gasteiger partial charge >= 0.3 is 6.03 Å². The molecular formula is C15H11ClN4O3S. The van der Waals surface area contributed by atoms with Crippen LogP contribution in [0.4, 0.5) is 21.3 Å². The maximum Gasteiger partial charge on any atom is 0.325 e. The summed E-state index contributed by atoms with van der Waals surface area (Å²) in [6.07, 6.45) is 0. The Morgan fingerprint density at radius 3 is 2.75 bits per heavy atom. The molecule has 0 fully saturated rings. The van der Waals surface area contributed by atoms with Crippen LogP contribution in [0.25, 0.3) is 10.2 Å². The van der Waals surface area contributed by atoms with Crippen LogP contribution >= 0.6 is 22.9 Å². The number of fused-ring (bicyclic) bond motifs is 1. The smallest absolute Gasteiger partial charge is 0.308 e. The second-order valence-electron chi connectivity index (χ2n) is 4.97. The molecule has 122 valence electrons. The van der Waals surface area contributed by atoms with E-state index in [-0.39, 0.29) is 5.69 Å². The molecule has 0 radical (unpaired) electrons. The number of hydrogen-bond acceptors (Lipinski definition) is 5. The van der Waals surface area contributed by atoms with Crippen LogP contribution in [0.1, 0.15) is 5.56 Å². The number of nitrogens with one attached hydrogen (secondary N) is 2. The summed E-state index contributed by atoms with van der Waals surface area (Å²) in [6.45, 7) is 1.87. The van der Waals surface area contributed by atoms with Crippen molar-refractivity contribution in [3.8, 4) is 0 Å². The number of benzene rings is 2. The Kier molecular flexibility index (Phi) is 4.32. The van der Waals surface area contributed by atoms with Gasteiger partial charge in [-0.15, -0.1) is 0 Å². The van der Waals surface area contributed by atoms with Crippen molar-refractivity contribution in [3.63, 3.8) is 0 Å². The van der Waals surface area contributed by atoms with Crippen LogP contribution < -0.4 is 10.6 Å². The lowest BCUT2D eigenvalue weighted by molar-refractivity contribution is -0.384. The van der Waals surface area contributed by atoms with Gasteiger partial charge in [-0.1, -0.05) is 29.0 Å². The Morgan fingerprint density at radius 1 is 1.25 bits per heavy atom. The molecule has 1 heterocycles. The third-order valence-electron chi connectivity index (χ3n) is 3.23. The SMILES string of the molecule is Cc1ccc(NC(=O)Nc2nc3ccc([N+](=O)[O-])cc3s2)cc1Cl. The third-order valence-corrected chi connectivity index (χ3v) is 4.57. The van der Waals surface area contributed by atoms with Crippen LogP contribution in [-0.2, 0) is 0 Å². The molecule has 7 nitrogen and oxygen atoms in total. The van der Waals surface area contributed by atoms with Crippen molar-refractivity contribution in [1.29, 1.82) is 0 Å². The highest BCUT2D eigenvalue weighted by atomic mass is 35.5. The molecular weight excluding hydrogens is 352 g/mol. The van der Waals surface area contributed by atoms with Crippen molar-refractivity contribution in [2.24, 2.45) is 0 Å². The lowest BCUT2D eigenvalue weighted by atomic mass is 10.2. The van der Waals surface area contributed by atoms with E-state index in [9.17, 15) is 14.9 Å². The quantitative estimate of drug-likeness (QED) is 0.516. The fourth-order valence-electron chi connectivity index (χ4n) is 2.01. The molecule has 24 heavy (non-hydrogen) atoms. The average molecular weight is 363 g/mol. The summed E-state index contributed by atoms with van der Waals surface area (Å²) in [5.74, 6) is 0. The number of aryl methyl sites for hydroxylation is 1. The van der Waals surface area contributed by atoms with Gasteiger partial charge in [0.25, 0.3) is 5.69 Å². The van der Waals surface area contributed by atoms with Gasteiger partial charge in [0.1, 0.15) is 0 Å². The van der Waals surface area contributed by atoms with Crippen molar-refractivity contribution in [1.82, 2.24) is 4.98 Å². The minimum atomic E-state index is -0.472. The third kappa shape index (κ3) is 3.44. The maximum atomic E-state index is 12.0. The molecule has 0 bridgehead atoms. The zero-order chi connectivity index (χ0) is 17.3. The molecule has 0 aliphatic carbocycles. The molecule has 0 saturated heterocycles. The fourth-order valence-corrected chi connectivity index (χ4v) is 3.08. The lowest BCUT2D eigenvalue weighted by Gasteiger charge is -2.06. The first-order valence-corrected chi connectivity index (χ1v) is 8.01. The molecule has 0 spiro atoms. The van der Waals surface area contributed by atoms with Gasteiger partial charge < -0.3 is 5.32 Å². The van der Waals surface area contributed by atoms with E-state index in [4.69, 9.17) is 11.6 Å². The van der Waals surface area contributed by atoms with Gasteiger partial charge in [-0.3, -0.25) is 15.4 Å². The monoisotopic (exact) mass is 362 g/mol. The fraction of sp³-hybridized carbons (Fsp3) is 0.0667. The Balaban J connectivity index is 1.75. The summed E-state index contributed by atoms with van der Waals surface area (Å²) in [5.41, 5.74) is 2.03. The predicted octanol–water partition coefficient (Wildman–Crippen LogP) is 4.81. The number of thiazole rings is 1. The highest BCUT2D eigenvalue weighted by molar-refractivity contribution is 7.22. The number of aromatic nitrogens is 1. The van der Waals surface area contributed by atoms with E-state index in [0.717, 1.165) is 16.9 Å². The number of anilines is 2. The van der Waals surface area contributed by atoms with E-state index in [2.05, 4.69) is 15.6 Å².